The van der Waals surface area contributed by atoms with Crippen molar-refractivity contribution in [2.45, 2.75) is 76.2 Å². The maximum absolute atomic E-state index is 7.20. The number of hydrogen-bond donors (Lipinski definition) is 0. The van der Waals surface area contributed by atoms with Gasteiger partial charge in [0.05, 0.1) is 11.6 Å². The zero-order chi connectivity index (χ0) is 28.9. The Morgan fingerprint density at radius 3 is 1.68 bits per heavy atom. The predicted octanol–water partition coefficient (Wildman–Crippen LogP) is 8.49. The van der Waals surface area contributed by atoms with Crippen LogP contribution in [0.2, 0.25) is 18.1 Å². The molecule has 0 amide bonds. The highest BCUT2D eigenvalue weighted by Crippen LogP contribution is 2.45. The average Bonchev–Trinajstić information content (AvgIpc) is 2.99. The molecule has 2 heterocycles. The van der Waals surface area contributed by atoms with Crippen LogP contribution in [0.3, 0.4) is 0 Å². The number of nitrogens with zero attached hydrogens (tertiary/aromatic N) is 2. The summed E-state index contributed by atoms with van der Waals surface area (Å²) in [6.07, 6.45) is 7.73. The van der Waals surface area contributed by atoms with E-state index in [1.807, 2.05) is 0 Å². The van der Waals surface area contributed by atoms with Crippen LogP contribution in [0, 0.1) is 0 Å². The van der Waals surface area contributed by atoms with Gasteiger partial charge in [-0.1, -0.05) is 124 Å². The van der Waals surface area contributed by atoms with E-state index < -0.39 is 13.9 Å². The van der Waals surface area contributed by atoms with Gasteiger partial charge in [-0.15, -0.1) is 0 Å². The molecule has 2 fully saturated rings. The minimum Gasteiger partial charge on any atom is -0.410 e. The van der Waals surface area contributed by atoms with Crippen LogP contribution in [0.1, 0.15) is 63.1 Å². The van der Waals surface area contributed by atoms with Gasteiger partial charge in [0.15, 0.2) is 8.32 Å². The van der Waals surface area contributed by atoms with Gasteiger partial charge in [-0.05, 0) is 72.7 Å². The van der Waals surface area contributed by atoms with Crippen LogP contribution < -0.4 is 0 Å². The Kier molecular flexibility index (Phi) is 9.35. The molecule has 2 aliphatic rings. The third-order valence-corrected chi connectivity index (χ3v) is 14.3. The zero-order valence-corrected chi connectivity index (χ0v) is 27.0. The summed E-state index contributed by atoms with van der Waals surface area (Å²) in [5, 5.41) is 0.185. The fourth-order valence-electron chi connectivity index (χ4n) is 6.48. The van der Waals surface area contributed by atoms with Crippen LogP contribution in [0.15, 0.2) is 103 Å². The summed E-state index contributed by atoms with van der Waals surface area (Å²) in [4.78, 5) is 5.37. The fourth-order valence-corrected chi connectivity index (χ4v) is 7.82. The maximum atomic E-state index is 7.20. The van der Waals surface area contributed by atoms with Crippen molar-refractivity contribution in [1.29, 1.82) is 0 Å². The van der Waals surface area contributed by atoms with Crippen LogP contribution in [-0.2, 0) is 9.96 Å². The molecule has 218 valence electrons. The Bertz CT molecular complexity index is 1160. The van der Waals surface area contributed by atoms with Gasteiger partial charge in [0, 0.05) is 19.6 Å². The third kappa shape index (κ3) is 6.46. The van der Waals surface area contributed by atoms with Gasteiger partial charge in [-0.3, -0.25) is 9.80 Å². The molecule has 3 aromatic rings. The van der Waals surface area contributed by atoms with Gasteiger partial charge in [0.1, 0.15) is 0 Å². The monoisotopic (exact) mass is 566 g/mol. The number of hydrogen-bond acceptors (Lipinski definition) is 3. The van der Waals surface area contributed by atoms with E-state index in [1.54, 1.807) is 0 Å². The molecule has 0 saturated carbocycles. The molecule has 5 rings (SSSR count). The molecule has 0 N–H and O–H groups in total. The van der Waals surface area contributed by atoms with E-state index >= 15 is 0 Å². The second-order valence-corrected chi connectivity index (χ2v) is 18.3. The second-order valence-electron chi connectivity index (χ2n) is 13.5. The normalized spacial score (nSPS) is 20.8. The molecular weight excluding hydrogens is 517 g/mol. The summed E-state index contributed by atoms with van der Waals surface area (Å²) < 4.78 is 7.20. The van der Waals surface area contributed by atoms with Crippen molar-refractivity contribution in [3.05, 3.63) is 119 Å². The van der Waals surface area contributed by atoms with E-state index in [0.29, 0.717) is 0 Å². The van der Waals surface area contributed by atoms with E-state index in [0.717, 1.165) is 26.1 Å². The average molecular weight is 567 g/mol. The van der Waals surface area contributed by atoms with Crippen molar-refractivity contribution < 1.29 is 4.43 Å². The topological polar surface area (TPSA) is 15.7 Å². The van der Waals surface area contributed by atoms with Gasteiger partial charge in [0.2, 0.25) is 0 Å². The minimum atomic E-state index is -1.94. The molecule has 0 aromatic heterocycles. The lowest BCUT2D eigenvalue weighted by atomic mass is 9.74. The highest BCUT2D eigenvalue weighted by molar-refractivity contribution is 6.74. The molecule has 4 heteroatoms. The summed E-state index contributed by atoms with van der Waals surface area (Å²) in [5.41, 5.74) is 5.01. The van der Waals surface area contributed by atoms with Crippen LogP contribution in [0.4, 0.5) is 0 Å². The molecule has 0 aliphatic carbocycles. The number of piperidine rings is 2. The van der Waals surface area contributed by atoms with Crippen molar-refractivity contribution in [3.63, 3.8) is 0 Å². The van der Waals surface area contributed by atoms with Crippen molar-refractivity contribution in [2.24, 2.45) is 0 Å². The highest BCUT2D eigenvalue weighted by Gasteiger charge is 2.46. The van der Waals surface area contributed by atoms with Crippen LogP contribution >= 0.6 is 0 Å². The first-order valence-electron chi connectivity index (χ1n) is 15.7. The van der Waals surface area contributed by atoms with E-state index in [4.69, 9.17) is 4.43 Å². The Morgan fingerprint density at radius 1 is 0.732 bits per heavy atom. The van der Waals surface area contributed by atoms with Crippen molar-refractivity contribution in [2.75, 3.05) is 32.7 Å². The van der Waals surface area contributed by atoms with Crippen molar-refractivity contribution in [1.82, 2.24) is 9.80 Å². The first-order chi connectivity index (χ1) is 19.7. The minimum absolute atomic E-state index is 0.178. The lowest BCUT2D eigenvalue weighted by Crippen LogP contribution is -2.55. The molecule has 3 aromatic carbocycles. The van der Waals surface area contributed by atoms with Gasteiger partial charge in [-0.2, -0.15) is 0 Å². The molecule has 0 bridgehead atoms. The lowest BCUT2D eigenvalue weighted by molar-refractivity contribution is 0.0897. The first kappa shape index (κ1) is 30.0. The largest absolute Gasteiger partial charge is 0.410 e. The third-order valence-electron chi connectivity index (χ3n) is 9.80. The molecule has 2 saturated heterocycles. The van der Waals surface area contributed by atoms with Crippen molar-refractivity contribution in [3.8, 4) is 0 Å². The van der Waals surface area contributed by atoms with E-state index in [-0.39, 0.29) is 11.1 Å². The molecule has 0 radical (unpaired) electrons. The van der Waals surface area contributed by atoms with E-state index in [1.165, 1.54) is 54.6 Å². The summed E-state index contributed by atoms with van der Waals surface area (Å²) in [6.45, 7) is 17.2. The van der Waals surface area contributed by atoms with Crippen LogP contribution in [0.25, 0.3) is 0 Å². The lowest BCUT2D eigenvalue weighted by Gasteiger charge is -2.50. The standard InChI is InChI=1S/C37H50N2OSi/c1-36(2,3)41(4,5)40-35-25-29-39(30-31(35)24-28-38-26-16-9-17-27-38)37(32-18-10-6-11-19-32,33-20-12-7-13-21-33)34-22-14-8-15-23-34/h6-8,10-15,18-24,35H,9,16-17,25-30H2,1-5H3. The molecule has 3 nitrogen and oxygen atoms in total. The maximum Gasteiger partial charge on any atom is 0.192 e. The van der Waals surface area contributed by atoms with E-state index in [2.05, 4.69) is 141 Å². The summed E-state index contributed by atoms with van der Waals surface area (Å²) in [6, 6.07) is 33.4. The van der Waals surface area contributed by atoms with Gasteiger partial charge in [-0.25, -0.2) is 0 Å². The molecule has 0 spiro atoms. The van der Waals surface area contributed by atoms with Gasteiger partial charge < -0.3 is 4.43 Å². The quantitative estimate of drug-likeness (QED) is 0.154. The SMILES string of the molecule is CC(C)(C)[Si](C)(C)OC1CCN(C(c2ccccc2)(c2ccccc2)c2ccccc2)CC1=CCN1CCCCC1. The van der Waals surface area contributed by atoms with Crippen LogP contribution in [-0.4, -0.2) is 56.9 Å². The Morgan fingerprint density at radius 2 is 1.22 bits per heavy atom. The molecule has 1 unspecified atom stereocenters. The van der Waals surface area contributed by atoms with Crippen LogP contribution in [0.5, 0.6) is 0 Å². The fraction of sp³-hybridized carbons (Fsp3) is 0.459. The summed E-state index contributed by atoms with van der Waals surface area (Å²) in [5.74, 6) is 0. The predicted molar refractivity (Wildman–Crippen MR) is 176 cm³/mol. The number of rotatable bonds is 8. The number of likely N-dealkylation sites (tertiary alicyclic amines) is 2. The van der Waals surface area contributed by atoms with Gasteiger partial charge >= 0.3 is 0 Å². The van der Waals surface area contributed by atoms with Crippen molar-refractivity contribution >= 4 is 8.32 Å². The molecule has 2 aliphatic heterocycles. The molecular formula is C37H50N2OSi. The van der Waals surface area contributed by atoms with Gasteiger partial charge in [0.25, 0.3) is 0 Å². The Balaban J connectivity index is 1.59. The Hall–Kier alpha value is -2.50. The zero-order valence-electron chi connectivity index (χ0n) is 26.0. The second kappa shape index (κ2) is 12.8. The molecule has 1 atom stereocenters. The molecule has 41 heavy (non-hydrogen) atoms. The smallest absolute Gasteiger partial charge is 0.192 e. The van der Waals surface area contributed by atoms with E-state index in [9.17, 15) is 0 Å². The highest BCUT2D eigenvalue weighted by atomic mass is 28.4. The Labute approximate surface area is 250 Å². The number of benzene rings is 3. The summed E-state index contributed by atoms with van der Waals surface area (Å²) >= 11 is 0. The first-order valence-corrected chi connectivity index (χ1v) is 18.6. The summed E-state index contributed by atoms with van der Waals surface area (Å²) in [7, 11) is -1.94.